The van der Waals surface area contributed by atoms with Crippen molar-refractivity contribution in [2.24, 2.45) is 5.92 Å². The molecule has 112 valence electrons. The molecule has 1 aromatic carbocycles. The molecule has 0 aliphatic heterocycles. The first kappa shape index (κ1) is 15.7. The van der Waals surface area contributed by atoms with Crippen LogP contribution in [0.2, 0.25) is 0 Å². The number of hydrogen-bond donors (Lipinski definition) is 1. The molecule has 1 aromatic heterocycles. The molecule has 0 bridgehead atoms. The van der Waals surface area contributed by atoms with Crippen molar-refractivity contribution in [2.75, 3.05) is 0 Å². The summed E-state index contributed by atoms with van der Waals surface area (Å²) in [5.41, 5.74) is 2.57. The van der Waals surface area contributed by atoms with Gasteiger partial charge in [-0.2, -0.15) is 0 Å². The highest BCUT2D eigenvalue weighted by atomic mass is 32.1. The molecule has 0 atom stereocenters. The van der Waals surface area contributed by atoms with Gasteiger partial charge in [0.15, 0.2) is 0 Å². The van der Waals surface area contributed by atoms with Crippen molar-refractivity contribution in [3.8, 4) is 0 Å². The third-order valence-electron chi connectivity index (χ3n) is 3.13. The van der Waals surface area contributed by atoms with Gasteiger partial charge in [-0.15, -0.1) is 11.3 Å². The Morgan fingerprint density at radius 3 is 2.67 bits per heavy atom. The maximum Gasteiger partial charge on any atom is 0.220 e. The van der Waals surface area contributed by atoms with E-state index in [1.54, 1.807) is 11.3 Å². The monoisotopic (exact) mass is 302 g/mol. The quantitative estimate of drug-likeness (QED) is 0.884. The Morgan fingerprint density at radius 2 is 2.00 bits per heavy atom. The fraction of sp³-hybridized carbons (Fsp3) is 0.412. The van der Waals surface area contributed by atoms with Crippen LogP contribution in [0.5, 0.6) is 0 Å². The molecule has 0 fully saturated rings. The number of aryl methyl sites for hydroxylation is 1. The Bertz CT molecular complexity index is 587. The summed E-state index contributed by atoms with van der Waals surface area (Å²) in [5.74, 6) is 0.485. The molecular formula is C17H22N2OS. The predicted octanol–water partition coefficient (Wildman–Crippen LogP) is 3.70. The van der Waals surface area contributed by atoms with Gasteiger partial charge < -0.3 is 5.32 Å². The minimum absolute atomic E-state index is 0.0975. The first-order valence-corrected chi connectivity index (χ1v) is 8.10. The van der Waals surface area contributed by atoms with E-state index in [-0.39, 0.29) is 5.91 Å². The summed E-state index contributed by atoms with van der Waals surface area (Å²) in [6.45, 7) is 6.71. The zero-order valence-electron chi connectivity index (χ0n) is 12.8. The topological polar surface area (TPSA) is 42.0 Å². The molecule has 2 aromatic rings. The molecule has 0 spiro atoms. The van der Waals surface area contributed by atoms with Gasteiger partial charge in [0.1, 0.15) is 5.01 Å². The number of carbonyl (C=O) groups excluding carboxylic acids is 1. The summed E-state index contributed by atoms with van der Waals surface area (Å²) < 4.78 is 0. The van der Waals surface area contributed by atoms with Crippen molar-refractivity contribution in [1.29, 1.82) is 0 Å². The molecule has 1 heterocycles. The first-order chi connectivity index (χ1) is 10.0. The zero-order valence-corrected chi connectivity index (χ0v) is 13.7. The van der Waals surface area contributed by atoms with Gasteiger partial charge in [-0.1, -0.05) is 43.7 Å². The highest BCUT2D eigenvalue weighted by Gasteiger charge is 2.07. The van der Waals surface area contributed by atoms with Crippen LogP contribution in [0, 0.1) is 12.8 Å². The molecule has 3 nitrogen and oxygen atoms in total. The van der Waals surface area contributed by atoms with Crippen LogP contribution in [-0.4, -0.2) is 10.9 Å². The van der Waals surface area contributed by atoms with E-state index in [9.17, 15) is 4.79 Å². The Morgan fingerprint density at radius 1 is 1.29 bits per heavy atom. The Kier molecular flexibility index (Phi) is 5.51. The van der Waals surface area contributed by atoms with Crippen molar-refractivity contribution in [3.05, 3.63) is 51.5 Å². The number of thiazole rings is 1. The minimum atomic E-state index is 0.0975. The number of amides is 1. The van der Waals surface area contributed by atoms with E-state index >= 15 is 0 Å². The molecule has 0 saturated heterocycles. The fourth-order valence-electron chi connectivity index (χ4n) is 2.04. The van der Waals surface area contributed by atoms with Crippen LogP contribution in [0.15, 0.2) is 30.5 Å². The number of hydrogen-bond acceptors (Lipinski definition) is 3. The number of nitrogens with zero attached hydrogens (tertiary/aromatic N) is 1. The molecule has 0 aliphatic carbocycles. The van der Waals surface area contributed by atoms with Gasteiger partial charge in [0.05, 0.1) is 6.54 Å². The summed E-state index contributed by atoms with van der Waals surface area (Å²) in [4.78, 5) is 17.2. The van der Waals surface area contributed by atoms with Gasteiger partial charge in [0.25, 0.3) is 0 Å². The Labute approximate surface area is 130 Å². The van der Waals surface area contributed by atoms with E-state index in [2.05, 4.69) is 41.5 Å². The van der Waals surface area contributed by atoms with Crippen molar-refractivity contribution in [2.45, 2.75) is 40.2 Å². The Hall–Kier alpha value is -1.68. The highest BCUT2D eigenvalue weighted by molar-refractivity contribution is 7.11. The van der Waals surface area contributed by atoms with E-state index in [0.717, 1.165) is 11.4 Å². The SMILES string of the molecule is Cc1ccc(Cc2cnc(CNC(=O)CC(C)C)s2)cc1. The summed E-state index contributed by atoms with van der Waals surface area (Å²) in [5, 5.41) is 3.89. The lowest BCUT2D eigenvalue weighted by Crippen LogP contribution is -2.23. The second kappa shape index (κ2) is 7.36. The zero-order chi connectivity index (χ0) is 15.2. The van der Waals surface area contributed by atoms with Crippen molar-refractivity contribution in [1.82, 2.24) is 10.3 Å². The fourth-order valence-corrected chi connectivity index (χ4v) is 2.93. The lowest BCUT2D eigenvalue weighted by atomic mass is 10.1. The Balaban J connectivity index is 1.86. The van der Waals surface area contributed by atoms with E-state index in [1.807, 2.05) is 20.0 Å². The van der Waals surface area contributed by atoms with Crippen LogP contribution in [0.25, 0.3) is 0 Å². The molecule has 4 heteroatoms. The average molecular weight is 302 g/mol. The third kappa shape index (κ3) is 5.31. The summed E-state index contributed by atoms with van der Waals surface area (Å²) in [6, 6.07) is 8.56. The van der Waals surface area contributed by atoms with E-state index in [4.69, 9.17) is 0 Å². The van der Waals surface area contributed by atoms with Crippen molar-refractivity contribution >= 4 is 17.2 Å². The summed E-state index contributed by atoms with van der Waals surface area (Å²) in [7, 11) is 0. The second-order valence-corrected chi connectivity index (χ2v) is 6.96. The molecule has 1 amide bonds. The third-order valence-corrected chi connectivity index (χ3v) is 4.13. The van der Waals surface area contributed by atoms with Crippen molar-refractivity contribution in [3.63, 3.8) is 0 Å². The molecule has 0 saturated carbocycles. The molecule has 21 heavy (non-hydrogen) atoms. The van der Waals surface area contributed by atoms with Crippen LogP contribution in [0.3, 0.4) is 0 Å². The van der Waals surface area contributed by atoms with Gasteiger partial charge in [0, 0.05) is 23.9 Å². The molecule has 2 rings (SSSR count). The predicted molar refractivity (Wildman–Crippen MR) is 87.4 cm³/mol. The lowest BCUT2D eigenvalue weighted by molar-refractivity contribution is -0.121. The first-order valence-electron chi connectivity index (χ1n) is 7.28. The van der Waals surface area contributed by atoms with E-state index in [1.165, 1.54) is 16.0 Å². The number of aromatic nitrogens is 1. The molecular weight excluding hydrogens is 280 g/mol. The smallest absolute Gasteiger partial charge is 0.220 e. The minimum Gasteiger partial charge on any atom is -0.350 e. The van der Waals surface area contributed by atoms with Crippen LogP contribution in [0.4, 0.5) is 0 Å². The maximum atomic E-state index is 11.6. The largest absolute Gasteiger partial charge is 0.350 e. The number of carbonyl (C=O) groups is 1. The van der Waals surface area contributed by atoms with Gasteiger partial charge in [-0.05, 0) is 18.4 Å². The lowest BCUT2D eigenvalue weighted by Gasteiger charge is -2.04. The highest BCUT2D eigenvalue weighted by Crippen LogP contribution is 2.17. The van der Waals surface area contributed by atoms with E-state index < -0.39 is 0 Å². The maximum absolute atomic E-state index is 11.6. The van der Waals surface area contributed by atoms with Gasteiger partial charge >= 0.3 is 0 Å². The van der Waals surface area contributed by atoms with Crippen LogP contribution >= 0.6 is 11.3 Å². The van der Waals surface area contributed by atoms with E-state index in [0.29, 0.717) is 18.9 Å². The standard InChI is InChI=1S/C17H22N2OS/c1-12(2)8-16(20)18-11-17-19-10-15(21-17)9-14-6-4-13(3)5-7-14/h4-7,10,12H,8-9,11H2,1-3H3,(H,18,20). The number of benzene rings is 1. The number of nitrogens with one attached hydrogen (secondary N) is 1. The molecule has 0 unspecified atom stereocenters. The molecule has 0 radical (unpaired) electrons. The second-order valence-electron chi connectivity index (χ2n) is 5.76. The van der Waals surface area contributed by atoms with Gasteiger partial charge in [-0.25, -0.2) is 4.98 Å². The van der Waals surface area contributed by atoms with Crippen LogP contribution in [-0.2, 0) is 17.8 Å². The van der Waals surface area contributed by atoms with Crippen molar-refractivity contribution < 1.29 is 4.79 Å². The normalized spacial score (nSPS) is 10.9. The average Bonchev–Trinajstić information content (AvgIpc) is 2.86. The molecule has 1 N–H and O–H groups in total. The molecule has 0 aliphatic rings. The van der Waals surface area contributed by atoms with Gasteiger partial charge in [-0.3, -0.25) is 4.79 Å². The number of rotatable bonds is 6. The van der Waals surface area contributed by atoms with Crippen LogP contribution in [0.1, 0.15) is 41.3 Å². The van der Waals surface area contributed by atoms with Gasteiger partial charge in [0.2, 0.25) is 5.91 Å². The van der Waals surface area contributed by atoms with Crippen LogP contribution < -0.4 is 5.32 Å². The summed E-state index contributed by atoms with van der Waals surface area (Å²) >= 11 is 1.67. The summed E-state index contributed by atoms with van der Waals surface area (Å²) in [6.07, 6.45) is 3.38.